The summed E-state index contributed by atoms with van der Waals surface area (Å²) >= 11 is 0. The first-order chi connectivity index (χ1) is 9.38. The fraction of sp³-hybridized carbons (Fsp3) is 0.333. The van der Waals surface area contributed by atoms with E-state index in [0.717, 1.165) is 0 Å². The largest absolute Gasteiger partial charge is 0.481 e. The molecule has 0 rings (SSSR count). The highest BCUT2D eigenvalue weighted by Gasteiger charge is 2.02. The third-order valence-corrected chi connectivity index (χ3v) is 0.907. The Kier molecular flexibility index (Phi) is 27.6. The van der Waals surface area contributed by atoms with Crippen LogP contribution in [-0.2, 0) is 28.8 Å². The van der Waals surface area contributed by atoms with Crippen molar-refractivity contribution in [3.05, 3.63) is 0 Å². The van der Waals surface area contributed by atoms with E-state index >= 15 is 0 Å². The third kappa shape index (κ3) is 66.1. The van der Waals surface area contributed by atoms with Gasteiger partial charge in [-0.05, 0) is 0 Å². The SMILES string of the molecule is Cl.O=C(O)CC(=O)O.O=C(O)CC(=O)O.O=C(O)CC(=O)O.P. The molecule has 136 valence electrons. The molecule has 12 nitrogen and oxygen atoms in total. The summed E-state index contributed by atoms with van der Waals surface area (Å²) < 4.78 is 0. The average molecular weight is 383 g/mol. The van der Waals surface area contributed by atoms with Crippen LogP contribution in [0.3, 0.4) is 0 Å². The maximum absolute atomic E-state index is 9.43. The van der Waals surface area contributed by atoms with E-state index in [4.69, 9.17) is 30.6 Å². The first kappa shape index (κ1) is 32.5. The zero-order valence-electron chi connectivity index (χ0n) is 11.4. The van der Waals surface area contributed by atoms with E-state index in [2.05, 4.69) is 0 Å². The first-order valence-corrected chi connectivity index (χ1v) is 4.69. The number of hydrogen-bond acceptors (Lipinski definition) is 6. The Morgan fingerprint density at radius 1 is 0.435 bits per heavy atom. The Morgan fingerprint density at radius 2 is 0.522 bits per heavy atom. The number of carbonyl (C=O) groups is 6. The average Bonchev–Trinajstić information content (AvgIpc) is 2.10. The van der Waals surface area contributed by atoms with E-state index in [1.165, 1.54) is 0 Å². The van der Waals surface area contributed by atoms with Gasteiger partial charge in [-0.25, -0.2) is 0 Å². The van der Waals surface area contributed by atoms with Crippen molar-refractivity contribution in [1.29, 1.82) is 0 Å². The van der Waals surface area contributed by atoms with Gasteiger partial charge in [0.1, 0.15) is 19.3 Å². The molecular formula is C9H16ClO12P. The van der Waals surface area contributed by atoms with Gasteiger partial charge in [-0.3, -0.25) is 28.8 Å². The number of hydrogen-bond donors (Lipinski definition) is 6. The maximum Gasteiger partial charge on any atom is 0.314 e. The number of carboxylic acid groups (broad SMARTS) is 6. The summed E-state index contributed by atoms with van der Waals surface area (Å²) in [6.45, 7) is 0. The van der Waals surface area contributed by atoms with E-state index in [9.17, 15) is 28.8 Å². The quantitative estimate of drug-likeness (QED) is 0.243. The minimum Gasteiger partial charge on any atom is -0.481 e. The molecule has 0 saturated heterocycles. The van der Waals surface area contributed by atoms with Gasteiger partial charge < -0.3 is 30.6 Å². The Morgan fingerprint density at radius 3 is 0.522 bits per heavy atom. The van der Waals surface area contributed by atoms with E-state index in [-0.39, 0.29) is 22.3 Å². The van der Waals surface area contributed by atoms with E-state index in [1.807, 2.05) is 0 Å². The van der Waals surface area contributed by atoms with Crippen LogP contribution in [0.4, 0.5) is 0 Å². The standard InChI is InChI=1S/3C3H4O4.ClH.H3P/c3*4-2(5)1-3(6)7;;/h3*1H2,(H,4,5)(H,6,7);1H;1H3. The maximum atomic E-state index is 9.43. The Bertz CT molecular complexity index is 323. The molecule has 0 spiro atoms. The van der Waals surface area contributed by atoms with Gasteiger partial charge in [0, 0.05) is 0 Å². The van der Waals surface area contributed by atoms with Crippen LogP contribution in [0.5, 0.6) is 0 Å². The Balaban J connectivity index is -0.0000000675. The van der Waals surface area contributed by atoms with E-state index < -0.39 is 55.1 Å². The lowest BCUT2D eigenvalue weighted by Crippen LogP contribution is -2.03. The smallest absolute Gasteiger partial charge is 0.314 e. The van der Waals surface area contributed by atoms with Gasteiger partial charge in [0.05, 0.1) is 0 Å². The summed E-state index contributed by atoms with van der Waals surface area (Å²) in [6, 6.07) is 0. The molecule has 1 atom stereocenters. The summed E-state index contributed by atoms with van der Waals surface area (Å²) in [5.41, 5.74) is 0. The molecule has 23 heavy (non-hydrogen) atoms. The molecule has 0 bridgehead atoms. The van der Waals surface area contributed by atoms with Crippen molar-refractivity contribution in [2.24, 2.45) is 0 Å². The number of halogens is 1. The zero-order chi connectivity index (χ0) is 17.6. The van der Waals surface area contributed by atoms with Gasteiger partial charge in [-0.15, -0.1) is 12.4 Å². The highest BCUT2D eigenvalue weighted by atomic mass is 35.5. The molecule has 0 aromatic rings. The lowest BCUT2D eigenvalue weighted by Gasteiger charge is -1.80. The van der Waals surface area contributed by atoms with Crippen molar-refractivity contribution in [3.63, 3.8) is 0 Å². The van der Waals surface area contributed by atoms with Crippen LogP contribution in [0, 0.1) is 0 Å². The van der Waals surface area contributed by atoms with Gasteiger partial charge in [-0.2, -0.15) is 9.90 Å². The molecule has 0 aliphatic carbocycles. The molecule has 1 unspecified atom stereocenters. The Labute approximate surface area is 137 Å². The van der Waals surface area contributed by atoms with Gasteiger partial charge >= 0.3 is 35.8 Å². The summed E-state index contributed by atoms with van der Waals surface area (Å²) in [5.74, 6) is -7.88. The highest BCUT2D eigenvalue weighted by Crippen LogP contribution is 1.75. The molecule has 0 aromatic carbocycles. The van der Waals surface area contributed by atoms with Gasteiger partial charge in [0.2, 0.25) is 0 Å². The molecule has 0 radical (unpaired) electrons. The molecule has 0 fully saturated rings. The van der Waals surface area contributed by atoms with Crippen molar-refractivity contribution in [1.82, 2.24) is 0 Å². The van der Waals surface area contributed by atoms with Crippen molar-refractivity contribution < 1.29 is 59.4 Å². The molecule has 0 aromatic heterocycles. The molecule has 0 amide bonds. The minimum atomic E-state index is -1.31. The highest BCUT2D eigenvalue weighted by molar-refractivity contribution is 6.92. The van der Waals surface area contributed by atoms with Crippen LogP contribution in [0.15, 0.2) is 0 Å². The second-order valence-electron chi connectivity index (χ2n) is 2.89. The molecule has 0 saturated carbocycles. The topological polar surface area (TPSA) is 224 Å². The van der Waals surface area contributed by atoms with Crippen LogP contribution in [0.1, 0.15) is 19.3 Å². The van der Waals surface area contributed by atoms with Crippen LogP contribution in [0.2, 0.25) is 0 Å². The zero-order valence-corrected chi connectivity index (χ0v) is 13.6. The first-order valence-electron chi connectivity index (χ1n) is 4.69. The lowest BCUT2D eigenvalue weighted by atomic mass is 10.5. The summed E-state index contributed by atoms with van der Waals surface area (Å²) in [7, 11) is 0. The van der Waals surface area contributed by atoms with Crippen molar-refractivity contribution in [2.75, 3.05) is 0 Å². The third-order valence-electron chi connectivity index (χ3n) is 0.907. The summed E-state index contributed by atoms with van der Waals surface area (Å²) in [4.78, 5) is 56.6. The number of carboxylic acids is 6. The molecule has 0 aliphatic heterocycles. The molecule has 6 N–H and O–H groups in total. The van der Waals surface area contributed by atoms with Crippen molar-refractivity contribution in [2.45, 2.75) is 19.3 Å². The normalized spacial score (nSPS) is 7.30. The second-order valence-corrected chi connectivity index (χ2v) is 2.89. The van der Waals surface area contributed by atoms with Crippen LogP contribution >= 0.6 is 22.3 Å². The van der Waals surface area contributed by atoms with Crippen LogP contribution < -0.4 is 0 Å². The summed E-state index contributed by atoms with van der Waals surface area (Å²) in [5, 5.41) is 46.2. The molecule has 0 heterocycles. The van der Waals surface area contributed by atoms with Crippen LogP contribution in [-0.4, -0.2) is 66.5 Å². The summed E-state index contributed by atoms with van der Waals surface area (Å²) in [6.07, 6.45) is -2.42. The van der Waals surface area contributed by atoms with Gasteiger partial charge in [0.15, 0.2) is 0 Å². The van der Waals surface area contributed by atoms with Gasteiger partial charge in [0.25, 0.3) is 0 Å². The monoisotopic (exact) mass is 382 g/mol. The fourth-order valence-electron chi connectivity index (χ4n) is 0.388. The van der Waals surface area contributed by atoms with Gasteiger partial charge in [-0.1, -0.05) is 0 Å². The lowest BCUT2D eigenvalue weighted by molar-refractivity contribution is -0.149. The van der Waals surface area contributed by atoms with Crippen LogP contribution in [0.25, 0.3) is 0 Å². The number of rotatable bonds is 6. The van der Waals surface area contributed by atoms with E-state index in [1.54, 1.807) is 0 Å². The molecule has 0 aliphatic rings. The second kappa shape index (κ2) is 19.5. The molecule has 14 heteroatoms. The fourth-order valence-corrected chi connectivity index (χ4v) is 0.388. The molecular weight excluding hydrogens is 367 g/mol. The minimum absolute atomic E-state index is 0. The van der Waals surface area contributed by atoms with Crippen molar-refractivity contribution in [3.8, 4) is 0 Å². The predicted molar refractivity (Wildman–Crippen MR) is 78.0 cm³/mol. The van der Waals surface area contributed by atoms with Crippen molar-refractivity contribution >= 4 is 58.1 Å². The Hall–Kier alpha value is -2.46. The predicted octanol–water partition coefficient (Wildman–Crippen LogP) is -0.883. The number of aliphatic carboxylic acids is 6. The van der Waals surface area contributed by atoms with E-state index in [0.29, 0.717) is 0 Å².